The fraction of sp³-hybridized carbons (Fsp3) is 0.533. The van der Waals surface area contributed by atoms with E-state index in [-0.39, 0.29) is 0 Å². The summed E-state index contributed by atoms with van der Waals surface area (Å²) in [6.45, 7) is 2.68. The summed E-state index contributed by atoms with van der Waals surface area (Å²) < 4.78 is 5.63. The first kappa shape index (κ1) is 14.8. The molecule has 1 saturated carbocycles. The van der Waals surface area contributed by atoms with Gasteiger partial charge in [-0.1, -0.05) is 48.3 Å². The first-order chi connectivity index (χ1) is 9.38. The van der Waals surface area contributed by atoms with Crippen molar-refractivity contribution in [1.29, 1.82) is 0 Å². The zero-order valence-electron chi connectivity index (χ0n) is 11.4. The van der Waals surface area contributed by atoms with Gasteiger partial charge in [-0.05, 0) is 31.9 Å². The largest absolute Gasteiger partial charge is 0.473 e. The Labute approximate surface area is 123 Å². The normalized spacial score (nSPS) is 17.4. The zero-order chi connectivity index (χ0) is 13.3. The van der Waals surface area contributed by atoms with Crippen molar-refractivity contribution in [3.05, 3.63) is 30.3 Å². The molecule has 0 heterocycles. The maximum absolute atomic E-state index is 5.63. The van der Waals surface area contributed by atoms with Crippen LogP contribution >= 0.6 is 21.6 Å². The molecule has 0 amide bonds. The average molecular weight is 295 g/mol. The lowest BCUT2D eigenvalue weighted by Crippen LogP contribution is -2.07. The molecule has 0 aromatic heterocycles. The highest BCUT2D eigenvalue weighted by Gasteiger charge is 2.16. The second kappa shape index (κ2) is 8.54. The second-order valence-corrected chi connectivity index (χ2v) is 7.04. The lowest BCUT2D eigenvalue weighted by molar-refractivity contribution is 0.338. The van der Waals surface area contributed by atoms with E-state index in [1.807, 2.05) is 48.0 Å². The minimum absolute atomic E-state index is 0.671. The quantitative estimate of drug-likeness (QED) is 0.420. The number of para-hydroxylation sites is 1. The van der Waals surface area contributed by atoms with Gasteiger partial charge in [0, 0.05) is 16.0 Å². The van der Waals surface area contributed by atoms with Crippen LogP contribution in [0.5, 0.6) is 0 Å². The highest BCUT2D eigenvalue weighted by Crippen LogP contribution is 2.37. The van der Waals surface area contributed by atoms with Crippen LogP contribution in [0, 0.1) is 0 Å². The number of hydrogen-bond acceptors (Lipinski definition) is 4. The van der Waals surface area contributed by atoms with Crippen LogP contribution in [0.15, 0.2) is 35.3 Å². The van der Waals surface area contributed by atoms with Crippen LogP contribution in [0.2, 0.25) is 0 Å². The summed E-state index contributed by atoms with van der Waals surface area (Å²) in [5.41, 5.74) is 0.961. The molecule has 1 aliphatic carbocycles. The highest BCUT2D eigenvalue weighted by atomic mass is 33.1. The molecule has 1 aromatic carbocycles. The van der Waals surface area contributed by atoms with Gasteiger partial charge in [0.2, 0.25) is 0 Å². The Balaban J connectivity index is 1.90. The Kier molecular flexibility index (Phi) is 6.65. The molecule has 0 saturated heterocycles. The standard InChI is InChI=1S/C15H21NOS2/c1-2-17-15(16-13-9-5-3-6-10-13)19-18-14-11-7-4-8-12-14/h3,5-6,9-10,14H,2,4,7-8,11-12H2,1H3. The average Bonchev–Trinajstić information content (AvgIpc) is 2.47. The Morgan fingerprint density at radius 1 is 1.21 bits per heavy atom. The van der Waals surface area contributed by atoms with Crippen molar-refractivity contribution in [3.8, 4) is 0 Å². The van der Waals surface area contributed by atoms with Gasteiger partial charge in [-0.3, -0.25) is 0 Å². The summed E-state index contributed by atoms with van der Waals surface area (Å²) >= 11 is 0. The molecule has 4 heteroatoms. The molecule has 0 unspecified atom stereocenters. The fourth-order valence-electron chi connectivity index (χ4n) is 2.08. The summed E-state index contributed by atoms with van der Waals surface area (Å²) in [5, 5.41) is 1.55. The van der Waals surface area contributed by atoms with E-state index in [2.05, 4.69) is 4.99 Å². The van der Waals surface area contributed by atoms with Crippen LogP contribution in [0.1, 0.15) is 39.0 Å². The van der Waals surface area contributed by atoms with E-state index in [1.54, 1.807) is 10.8 Å². The molecular weight excluding hydrogens is 274 g/mol. The lowest BCUT2D eigenvalue weighted by atomic mass is 10.0. The van der Waals surface area contributed by atoms with Crippen LogP contribution in [-0.2, 0) is 4.74 Å². The molecule has 1 aliphatic rings. The predicted octanol–water partition coefficient (Wildman–Crippen LogP) is 5.42. The Morgan fingerprint density at radius 3 is 2.63 bits per heavy atom. The third-order valence-electron chi connectivity index (χ3n) is 3.05. The van der Waals surface area contributed by atoms with Crippen molar-refractivity contribution < 1.29 is 4.74 Å². The van der Waals surface area contributed by atoms with Crippen LogP contribution in [0.4, 0.5) is 5.69 Å². The van der Waals surface area contributed by atoms with Crippen molar-refractivity contribution in [3.63, 3.8) is 0 Å². The van der Waals surface area contributed by atoms with Crippen molar-refractivity contribution in [2.75, 3.05) is 6.61 Å². The highest BCUT2D eigenvalue weighted by molar-refractivity contribution is 8.82. The Hall–Kier alpha value is -0.610. The topological polar surface area (TPSA) is 21.6 Å². The third-order valence-corrected chi connectivity index (χ3v) is 5.78. The van der Waals surface area contributed by atoms with E-state index in [1.165, 1.54) is 32.1 Å². The van der Waals surface area contributed by atoms with Crippen molar-refractivity contribution in [1.82, 2.24) is 0 Å². The minimum atomic E-state index is 0.671. The molecule has 0 aliphatic heterocycles. The zero-order valence-corrected chi connectivity index (χ0v) is 13.0. The molecule has 0 radical (unpaired) electrons. The smallest absolute Gasteiger partial charge is 0.261 e. The maximum Gasteiger partial charge on any atom is 0.261 e. The summed E-state index contributed by atoms with van der Waals surface area (Å²) in [6, 6.07) is 10.0. The van der Waals surface area contributed by atoms with Gasteiger partial charge in [-0.2, -0.15) is 0 Å². The van der Waals surface area contributed by atoms with Crippen molar-refractivity contribution in [2.24, 2.45) is 4.99 Å². The maximum atomic E-state index is 5.63. The second-order valence-electron chi connectivity index (χ2n) is 4.59. The van der Waals surface area contributed by atoms with Crippen LogP contribution in [0.3, 0.4) is 0 Å². The minimum Gasteiger partial charge on any atom is -0.473 e. The monoisotopic (exact) mass is 295 g/mol. The number of ether oxygens (including phenoxy) is 1. The molecule has 19 heavy (non-hydrogen) atoms. The lowest BCUT2D eigenvalue weighted by Gasteiger charge is -2.20. The van der Waals surface area contributed by atoms with Crippen LogP contribution in [-0.4, -0.2) is 17.1 Å². The predicted molar refractivity (Wildman–Crippen MR) is 87.2 cm³/mol. The Bertz CT molecular complexity index is 388. The number of aliphatic imine (C=N–C) groups is 1. The molecule has 0 bridgehead atoms. The van der Waals surface area contributed by atoms with Crippen LogP contribution < -0.4 is 0 Å². The van der Waals surface area contributed by atoms with Crippen molar-refractivity contribution >= 4 is 32.5 Å². The van der Waals surface area contributed by atoms with Gasteiger partial charge in [0.05, 0.1) is 12.3 Å². The molecule has 2 rings (SSSR count). The number of benzene rings is 1. The van der Waals surface area contributed by atoms with E-state index < -0.39 is 0 Å². The molecule has 0 atom stereocenters. The van der Waals surface area contributed by atoms with Gasteiger partial charge in [-0.15, -0.1) is 0 Å². The summed E-state index contributed by atoms with van der Waals surface area (Å²) in [4.78, 5) is 4.57. The summed E-state index contributed by atoms with van der Waals surface area (Å²) in [5.74, 6) is 0. The van der Waals surface area contributed by atoms with Crippen molar-refractivity contribution in [2.45, 2.75) is 44.3 Å². The molecule has 0 N–H and O–H groups in total. The SMILES string of the molecule is CCOC(=Nc1ccccc1)SSC1CCCCC1. The van der Waals surface area contributed by atoms with E-state index in [4.69, 9.17) is 4.74 Å². The summed E-state index contributed by atoms with van der Waals surface area (Å²) in [6.07, 6.45) is 6.82. The molecule has 0 spiro atoms. The van der Waals surface area contributed by atoms with E-state index in [0.29, 0.717) is 6.61 Å². The third kappa shape index (κ3) is 5.49. The van der Waals surface area contributed by atoms with Crippen LogP contribution in [0.25, 0.3) is 0 Å². The Morgan fingerprint density at radius 2 is 1.95 bits per heavy atom. The van der Waals surface area contributed by atoms with Gasteiger partial charge in [-0.25, -0.2) is 4.99 Å². The molecule has 1 fully saturated rings. The number of hydrogen-bond donors (Lipinski definition) is 0. The number of rotatable bonds is 4. The van der Waals surface area contributed by atoms with Gasteiger partial charge in [0.1, 0.15) is 0 Å². The first-order valence-corrected chi connectivity index (χ1v) is 9.19. The molecular formula is C15H21NOS2. The van der Waals surface area contributed by atoms with Gasteiger partial charge >= 0.3 is 0 Å². The van der Waals surface area contributed by atoms with E-state index in [0.717, 1.165) is 16.2 Å². The van der Waals surface area contributed by atoms with Gasteiger partial charge < -0.3 is 4.74 Å². The molecule has 1 aromatic rings. The number of nitrogens with zero attached hydrogens (tertiary/aromatic N) is 1. The van der Waals surface area contributed by atoms with Gasteiger partial charge in [0.15, 0.2) is 0 Å². The molecule has 2 nitrogen and oxygen atoms in total. The summed E-state index contributed by atoms with van der Waals surface area (Å²) in [7, 11) is 3.62. The van der Waals surface area contributed by atoms with E-state index in [9.17, 15) is 0 Å². The van der Waals surface area contributed by atoms with E-state index >= 15 is 0 Å². The fourth-order valence-corrected chi connectivity index (χ4v) is 4.62. The molecule has 104 valence electrons. The first-order valence-electron chi connectivity index (χ1n) is 6.98. The van der Waals surface area contributed by atoms with Gasteiger partial charge in [0.25, 0.3) is 5.23 Å².